The zero-order valence-corrected chi connectivity index (χ0v) is 20.1. The average molecular weight is 530 g/mol. The molecule has 2 unspecified atom stereocenters. The highest BCUT2D eigenvalue weighted by atomic mass is 32.2. The van der Waals surface area contributed by atoms with Crippen molar-refractivity contribution in [3.8, 4) is 11.5 Å². The summed E-state index contributed by atoms with van der Waals surface area (Å²) in [5.41, 5.74) is 1.12. The number of carbonyl (C=O) groups excluding carboxylic acids is 1. The van der Waals surface area contributed by atoms with Crippen LogP contribution in [0.15, 0.2) is 52.4 Å². The number of carbonyl (C=O) groups is 1. The lowest BCUT2D eigenvalue weighted by Crippen LogP contribution is -2.43. The molecule has 0 saturated carbocycles. The lowest BCUT2D eigenvalue weighted by atomic mass is 9.99. The largest absolute Gasteiger partial charge is 0.573 e. The van der Waals surface area contributed by atoms with Gasteiger partial charge >= 0.3 is 6.36 Å². The first-order chi connectivity index (χ1) is 16.5. The monoisotopic (exact) mass is 529 g/mol. The summed E-state index contributed by atoms with van der Waals surface area (Å²) in [5.74, 6) is 0.134. The van der Waals surface area contributed by atoms with Gasteiger partial charge in [0.15, 0.2) is 11.6 Å². The molecule has 4 rings (SSSR count). The highest BCUT2D eigenvalue weighted by Crippen LogP contribution is 2.27. The first kappa shape index (κ1) is 25.3. The number of nitrogens with zero attached hydrogens (tertiary/aromatic N) is 2. The summed E-state index contributed by atoms with van der Waals surface area (Å²) in [6, 6.07) is 9.62. The molecule has 35 heavy (non-hydrogen) atoms. The summed E-state index contributed by atoms with van der Waals surface area (Å²) < 4.78 is 74.3. The SMILES string of the molecule is CC(Oc1ccc(OC(F)(F)F)cc1)C(=O)N1CCc2ccc(S(=O)(=O)NC3N=CCS3)cc2C1. The van der Waals surface area contributed by atoms with Crippen LogP contribution in [0.1, 0.15) is 18.1 Å². The molecule has 2 aromatic rings. The molecule has 0 saturated heterocycles. The number of rotatable bonds is 7. The maximum atomic E-state index is 13.0. The molecule has 1 N–H and O–H groups in total. The Labute approximate surface area is 204 Å². The number of ether oxygens (including phenoxy) is 2. The van der Waals surface area contributed by atoms with E-state index in [0.29, 0.717) is 18.7 Å². The average Bonchev–Trinajstić information content (AvgIpc) is 3.30. The molecule has 1 amide bonds. The zero-order valence-electron chi connectivity index (χ0n) is 18.5. The minimum absolute atomic E-state index is 0.0960. The van der Waals surface area contributed by atoms with Crippen molar-refractivity contribution in [1.82, 2.24) is 9.62 Å². The van der Waals surface area contributed by atoms with Crippen molar-refractivity contribution in [1.29, 1.82) is 0 Å². The van der Waals surface area contributed by atoms with Gasteiger partial charge in [0.2, 0.25) is 10.0 Å². The first-order valence-electron chi connectivity index (χ1n) is 10.6. The van der Waals surface area contributed by atoms with Gasteiger partial charge in [0.05, 0.1) is 4.90 Å². The Morgan fingerprint density at radius 1 is 1.17 bits per heavy atom. The molecule has 0 aliphatic carbocycles. The number of nitrogens with one attached hydrogen (secondary N) is 1. The minimum atomic E-state index is -4.80. The Morgan fingerprint density at radius 2 is 1.89 bits per heavy atom. The summed E-state index contributed by atoms with van der Waals surface area (Å²) in [6.45, 7) is 2.18. The molecule has 2 heterocycles. The third-order valence-corrected chi connectivity index (χ3v) is 7.81. The van der Waals surface area contributed by atoms with Crippen LogP contribution in [0.25, 0.3) is 0 Å². The zero-order chi connectivity index (χ0) is 25.2. The van der Waals surface area contributed by atoms with Gasteiger partial charge in [-0.15, -0.1) is 24.9 Å². The van der Waals surface area contributed by atoms with E-state index in [4.69, 9.17) is 4.74 Å². The predicted molar refractivity (Wildman–Crippen MR) is 124 cm³/mol. The number of thioether (sulfide) groups is 1. The molecule has 0 spiro atoms. The summed E-state index contributed by atoms with van der Waals surface area (Å²) >= 11 is 1.37. The standard InChI is InChI=1S/C22H22F3N3O5S2/c1-14(32-17-3-5-18(6-4-17)33-22(23,24)25)20(29)28-10-8-15-2-7-19(12-16(15)13-28)35(30,31)27-21-26-9-11-34-21/h2-7,9,12,14,21,27H,8,10-11,13H2,1H3. The van der Waals surface area contributed by atoms with Crippen molar-refractivity contribution < 1.29 is 35.9 Å². The van der Waals surface area contributed by atoms with Gasteiger partial charge in [0, 0.05) is 25.1 Å². The number of aliphatic imine (C=N–C) groups is 1. The Balaban J connectivity index is 1.40. The van der Waals surface area contributed by atoms with E-state index in [1.165, 1.54) is 23.9 Å². The smallest absolute Gasteiger partial charge is 0.481 e. The Hall–Kier alpha value is -2.77. The van der Waals surface area contributed by atoms with Crippen molar-refractivity contribution in [2.24, 2.45) is 4.99 Å². The molecule has 188 valence electrons. The van der Waals surface area contributed by atoms with Gasteiger partial charge in [-0.3, -0.25) is 9.79 Å². The molecule has 0 fully saturated rings. The summed E-state index contributed by atoms with van der Waals surface area (Å²) in [5, 5.41) is 0. The molecule has 0 bridgehead atoms. The van der Waals surface area contributed by atoms with E-state index in [1.807, 2.05) is 0 Å². The van der Waals surface area contributed by atoms with Gasteiger partial charge in [-0.05, 0) is 60.9 Å². The second kappa shape index (κ2) is 10.1. The maximum Gasteiger partial charge on any atom is 0.573 e. The van der Waals surface area contributed by atoms with Crippen LogP contribution in [-0.2, 0) is 27.8 Å². The summed E-state index contributed by atoms with van der Waals surface area (Å²) in [7, 11) is -3.78. The first-order valence-corrected chi connectivity index (χ1v) is 13.1. The van der Waals surface area contributed by atoms with Crippen LogP contribution in [0.4, 0.5) is 13.2 Å². The lowest BCUT2D eigenvalue weighted by molar-refractivity contribution is -0.274. The van der Waals surface area contributed by atoms with E-state index in [9.17, 15) is 26.4 Å². The maximum absolute atomic E-state index is 13.0. The molecular weight excluding hydrogens is 507 g/mol. The molecule has 0 radical (unpaired) electrons. The molecule has 0 aromatic heterocycles. The molecule has 2 atom stereocenters. The van der Waals surface area contributed by atoms with Gasteiger partial charge in [-0.25, -0.2) is 8.42 Å². The molecular formula is C22H22F3N3O5S2. The lowest BCUT2D eigenvalue weighted by Gasteiger charge is -2.31. The fraction of sp³-hybridized carbons (Fsp3) is 0.364. The fourth-order valence-electron chi connectivity index (χ4n) is 3.70. The van der Waals surface area contributed by atoms with Gasteiger partial charge < -0.3 is 14.4 Å². The van der Waals surface area contributed by atoms with Crippen molar-refractivity contribution >= 4 is 33.9 Å². The van der Waals surface area contributed by atoms with Gasteiger partial charge in [0.25, 0.3) is 5.91 Å². The molecule has 2 aliphatic heterocycles. The number of sulfonamides is 1. The number of amides is 1. The number of hydrogen-bond donors (Lipinski definition) is 1. The van der Waals surface area contributed by atoms with Crippen LogP contribution < -0.4 is 14.2 Å². The topological polar surface area (TPSA) is 97.3 Å². The highest BCUT2D eigenvalue weighted by Gasteiger charge is 2.31. The van der Waals surface area contributed by atoms with E-state index in [2.05, 4.69) is 14.5 Å². The Bertz CT molecular complexity index is 1220. The Morgan fingerprint density at radius 3 is 2.54 bits per heavy atom. The number of alkyl halides is 3. The molecule has 2 aliphatic rings. The molecule has 8 nitrogen and oxygen atoms in total. The fourth-order valence-corrected chi connectivity index (χ4v) is 5.89. The van der Waals surface area contributed by atoms with E-state index >= 15 is 0 Å². The van der Waals surface area contributed by atoms with Crippen molar-refractivity contribution in [3.63, 3.8) is 0 Å². The van der Waals surface area contributed by atoms with E-state index < -0.39 is 33.7 Å². The van der Waals surface area contributed by atoms with Crippen LogP contribution in [0.5, 0.6) is 11.5 Å². The van der Waals surface area contributed by atoms with Crippen molar-refractivity contribution in [3.05, 3.63) is 53.6 Å². The predicted octanol–water partition coefficient (Wildman–Crippen LogP) is 3.32. The molecule has 13 heteroatoms. The number of benzene rings is 2. The second-order valence-corrected chi connectivity index (χ2v) is 10.7. The van der Waals surface area contributed by atoms with Crippen LogP contribution in [0.3, 0.4) is 0 Å². The van der Waals surface area contributed by atoms with Crippen molar-refractivity contribution in [2.45, 2.75) is 42.7 Å². The number of hydrogen-bond acceptors (Lipinski definition) is 7. The van der Waals surface area contributed by atoms with Crippen LogP contribution in [-0.4, -0.2) is 55.7 Å². The van der Waals surface area contributed by atoms with E-state index in [-0.39, 0.29) is 23.1 Å². The van der Waals surface area contributed by atoms with Gasteiger partial charge in [0.1, 0.15) is 11.5 Å². The highest BCUT2D eigenvalue weighted by molar-refractivity contribution is 8.01. The number of fused-ring (bicyclic) bond motifs is 1. The van der Waals surface area contributed by atoms with Gasteiger partial charge in [-0.2, -0.15) is 4.72 Å². The number of halogens is 3. The van der Waals surface area contributed by atoms with Crippen LogP contribution in [0.2, 0.25) is 0 Å². The van der Waals surface area contributed by atoms with Crippen molar-refractivity contribution in [2.75, 3.05) is 12.3 Å². The van der Waals surface area contributed by atoms with E-state index in [0.717, 1.165) is 23.3 Å². The third kappa shape index (κ3) is 6.47. The van der Waals surface area contributed by atoms with Crippen LogP contribution in [0, 0.1) is 0 Å². The summed E-state index contributed by atoms with van der Waals surface area (Å²) in [6.07, 6.45) is -3.50. The normalized spacial score (nSPS) is 18.7. The minimum Gasteiger partial charge on any atom is -0.481 e. The summed E-state index contributed by atoms with van der Waals surface area (Å²) in [4.78, 5) is 18.7. The quantitative estimate of drug-likeness (QED) is 0.591. The van der Waals surface area contributed by atoms with Gasteiger partial charge in [-0.1, -0.05) is 6.07 Å². The van der Waals surface area contributed by atoms with Crippen LogP contribution >= 0.6 is 11.8 Å². The third-order valence-electron chi connectivity index (χ3n) is 5.36. The Kier molecular flexibility index (Phi) is 7.29. The van der Waals surface area contributed by atoms with E-state index in [1.54, 1.807) is 36.2 Å². The molecule has 2 aromatic carbocycles. The second-order valence-electron chi connectivity index (χ2n) is 7.86.